The van der Waals surface area contributed by atoms with Crippen LogP contribution < -0.4 is 21.3 Å². The van der Waals surface area contributed by atoms with E-state index in [0.29, 0.717) is 31.4 Å². The largest absolute Gasteiger partial charge is 0.445 e. The number of carbonyl (C=O) groups is 7. The average molecular weight is 813 g/mol. The molecule has 1 aliphatic carbocycles. The van der Waals surface area contributed by atoms with E-state index in [0.717, 1.165) is 24.8 Å². The van der Waals surface area contributed by atoms with Gasteiger partial charge in [0.1, 0.15) is 24.7 Å². The highest BCUT2D eigenvalue weighted by molar-refractivity contribution is 6.38. The van der Waals surface area contributed by atoms with Gasteiger partial charge in [0.15, 0.2) is 0 Å². The molecule has 5 rings (SSSR count). The van der Waals surface area contributed by atoms with Crippen molar-refractivity contribution in [2.45, 2.75) is 103 Å². The van der Waals surface area contributed by atoms with Crippen LogP contribution in [0.4, 0.5) is 4.79 Å². The van der Waals surface area contributed by atoms with Crippen LogP contribution in [0.2, 0.25) is 0 Å². The van der Waals surface area contributed by atoms with Gasteiger partial charge in [0, 0.05) is 20.6 Å². The molecule has 14 nitrogen and oxygen atoms in total. The van der Waals surface area contributed by atoms with Gasteiger partial charge in [-0.2, -0.15) is 0 Å². The molecule has 0 bridgehead atoms. The molecule has 2 aliphatic heterocycles. The monoisotopic (exact) mass is 812 g/mol. The maximum Gasteiger partial charge on any atom is 0.408 e. The Morgan fingerprint density at radius 1 is 0.898 bits per heavy atom. The number of fused-ring (bicyclic) bond motifs is 3. The molecule has 0 radical (unpaired) electrons. The lowest BCUT2D eigenvalue weighted by Crippen LogP contribution is -2.61. The summed E-state index contributed by atoms with van der Waals surface area (Å²) in [7, 11) is 3.13. The molecule has 4 N–H and O–H groups in total. The third-order valence-electron chi connectivity index (χ3n) is 12.1. The number of likely N-dealkylation sites (N-methyl/N-ethyl adjacent to an activating group) is 1. The highest BCUT2D eigenvalue weighted by atomic mass is 16.5. The molecule has 3 aliphatic rings. The molecule has 0 spiro atoms. The summed E-state index contributed by atoms with van der Waals surface area (Å²) in [6.07, 6.45) is 7.64. The summed E-state index contributed by atoms with van der Waals surface area (Å²) in [5.41, 5.74) is 0.362. The standard InChI is InChI=1S/C45H60N6O8/c1-44(2)25-19-11-9-7-8-10-18-24-32(37(53)40(55)46-26-33(52)48-35(41(56)50(5)6)30-22-16-13-17-23-30)47-39(54)36-34-31(45(34,3)4)27-51(36)42(57)38(44)49-43(58)59-28-29-20-14-12-15-21-29/h7,9,12-17,20-23,31-32,34-36,38H,8,10-11,18-19,24-28H2,1-6H3,(H,46,55)(H,47,54)(H,48,52)(H,49,58)/b9-7+/t31-,32-,34-,35-,36-,38+/m0/s1. The third-order valence-corrected chi connectivity index (χ3v) is 12.1. The topological polar surface area (TPSA) is 183 Å². The molecule has 0 aromatic heterocycles. The first-order valence-electron chi connectivity index (χ1n) is 20.6. The number of allylic oxidation sites excluding steroid dienone is 2. The Labute approximate surface area is 347 Å². The van der Waals surface area contributed by atoms with Crippen LogP contribution in [0.25, 0.3) is 0 Å². The lowest BCUT2D eigenvalue weighted by Gasteiger charge is -2.39. The minimum absolute atomic E-state index is 0.0155. The van der Waals surface area contributed by atoms with Crippen LogP contribution in [0.3, 0.4) is 0 Å². The summed E-state index contributed by atoms with van der Waals surface area (Å²) in [6, 6.07) is 13.7. The lowest BCUT2D eigenvalue weighted by molar-refractivity contribution is -0.145. The first-order chi connectivity index (χ1) is 28.0. The predicted octanol–water partition coefficient (Wildman–Crippen LogP) is 4.21. The van der Waals surface area contributed by atoms with Crippen LogP contribution in [0, 0.1) is 22.7 Å². The Kier molecular flexibility index (Phi) is 14.7. The fourth-order valence-corrected chi connectivity index (χ4v) is 8.45. The predicted molar refractivity (Wildman–Crippen MR) is 221 cm³/mol. The molecule has 2 aromatic rings. The second kappa shape index (κ2) is 19.5. The number of ketones is 1. The van der Waals surface area contributed by atoms with E-state index in [2.05, 4.69) is 33.4 Å². The number of hydrogen-bond acceptors (Lipinski definition) is 8. The Bertz CT molecular complexity index is 1880. The first kappa shape index (κ1) is 44.6. The minimum atomic E-state index is -1.23. The van der Waals surface area contributed by atoms with Crippen LogP contribution in [0.15, 0.2) is 72.8 Å². The summed E-state index contributed by atoms with van der Waals surface area (Å²) in [5, 5.41) is 10.7. The maximum atomic E-state index is 14.7. The van der Waals surface area contributed by atoms with Crippen molar-refractivity contribution in [3.05, 3.63) is 83.9 Å². The van der Waals surface area contributed by atoms with Gasteiger partial charge < -0.3 is 35.8 Å². The van der Waals surface area contributed by atoms with E-state index in [1.807, 2.05) is 58.0 Å². The summed E-state index contributed by atoms with van der Waals surface area (Å²) in [4.78, 5) is 98.5. The van der Waals surface area contributed by atoms with Gasteiger partial charge in [-0.15, -0.1) is 0 Å². The average Bonchev–Trinajstić information content (AvgIpc) is 3.50. The highest BCUT2D eigenvalue weighted by Crippen LogP contribution is 2.65. The zero-order valence-electron chi connectivity index (χ0n) is 35.1. The second-order valence-corrected chi connectivity index (χ2v) is 17.4. The Balaban J connectivity index is 1.33. The highest BCUT2D eigenvalue weighted by Gasteiger charge is 2.70. The van der Waals surface area contributed by atoms with Crippen molar-refractivity contribution < 1.29 is 38.3 Å². The van der Waals surface area contributed by atoms with Crippen molar-refractivity contribution in [3.8, 4) is 0 Å². The molecule has 1 saturated carbocycles. The number of alkyl carbamates (subject to hydrolysis) is 1. The molecule has 6 atom stereocenters. The third kappa shape index (κ3) is 11.2. The zero-order chi connectivity index (χ0) is 42.9. The Morgan fingerprint density at radius 3 is 2.20 bits per heavy atom. The molecule has 2 heterocycles. The van der Waals surface area contributed by atoms with Gasteiger partial charge in [0.25, 0.3) is 5.91 Å². The van der Waals surface area contributed by atoms with E-state index >= 15 is 0 Å². The van der Waals surface area contributed by atoms with Gasteiger partial charge in [0.05, 0.1) is 12.6 Å². The van der Waals surface area contributed by atoms with Crippen LogP contribution in [-0.4, -0.2) is 96.5 Å². The van der Waals surface area contributed by atoms with Crippen LogP contribution in [-0.2, 0) is 40.1 Å². The van der Waals surface area contributed by atoms with Crippen molar-refractivity contribution in [1.29, 1.82) is 0 Å². The van der Waals surface area contributed by atoms with Crippen molar-refractivity contribution in [1.82, 2.24) is 31.1 Å². The lowest BCUT2D eigenvalue weighted by atomic mass is 9.78. The molecule has 14 heteroatoms. The van der Waals surface area contributed by atoms with E-state index in [4.69, 9.17) is 4.74 Å². The number of Topliss-reactive ketones (excluding diaryl/α,β-unsaturated/α-hetero) is 1. The van der Waals surface area contributed by atoms with E-state index in [1.54, 1.807) is 44.4 Å². The summed E-state index contributed by atoms with van der Waals surface area (Å²) in [6.45, 7) is 7.67. The number of benzene rings is 2. The van der Waals surface area contributed by atoms with Crippen LogP contribution >= 0.6 is 0 Å². The summed E-state index contributed by atoms with van der Waals surface area (Å²) in [5.74, 6) is -4.20. The first-order valence-corrected chi connectivity index (χ1v) is 20.6. The molecular formula is C45H60N6O8. The van der Waals surface area contributed by atoms with Crippen molar-refractivity contribution in [2.75, 3.05) is 27.2 Å². The SMILES string of the molecule is CN(C)C(=O)[C@@H](NC(=O)CNC(=O)C(=O)[C@@H]1CCCC/C=C/CCCC(C)(C)[C@H](NC(=O)OCc2ccccc2)C(=O)N2C[C@H]3[C@@H]([C@H]2C(=O)N1)C3(C)C)c1ccccc1. The quantitative estimate of drug-likeness (QED) is 0.203. The number of piperidine rings is 1. The van der Waals surface area contributed by atoms with E-state index in [-0.39, 0.29) is 36.2 Å². The smallest absolute Gasteiger partial charge is 0.408 e. The molecule has 2 aromatic carbocycles. The zero-order valence-corrected chi connectivity index (χ0v) is 35.1. The molecule has 0 unspecified atom stereocenters. The Hall–Kier alpha value is -5.53. The van der Waals surface area contributed by atoms with Crippen LogP contribution in [0.1, 0.15) is 89.8 Å². The van der Waals surface area contributed by atoms with Gasteiger partial charge in [-0.05, 0) is 72.3 Å². The van der Waals surface area contributed by atoms with Gasteiger partial charge in [0.2, 0.25) is 29.4 Å². The molecule has 318 valence electrons. The normalized spacial score (nSPS) is 25.1. The number of nitrogens with one attached hydrogen (secondary N) is 4. The number of hydrogen-bond donors (Lipinski definition) is 4. The van der Waals surface area contributed by atoms with Gasteiger partial charge >= 0.3 is 6.09 Å². The van der Waals surface area contributed by atoms with Gasteiger partial charge in [-0.1, -0.05) is 107 Å². The second-order valence-electron chi connectivity index (χ2n) is 17.4. The molecule has 6 amide bonds. The van der Waals surface area contributed by atoms with E-state index < -0.39 is 71.6 Å². The molecule has 59 heavy (non-hydrogen) atoms. The Morgan fingerprint density at radius 2 is 1.54 bits per heavy atom. The van der Waals surface area contributed by atoms with Gasteiger partial charge in [-0.3, -0.25) is 28.8 Å². The number of ether oxygens (including phenoxy) is 1. The fourth-order valence-electron chi connectivity index (χ4n) is 8.45. The molecular weight excluding hydrogens is 753 g/mol. The maximum absolute atomic E-state index is 14.7. The fraction of sp³-hybridized carbons (Fsp3) is 0.533. The van der Waals surface area contributed by atoms with Crippen molar-refractivity contribution in [2.24, 2.45) is 22.7 Å². The van der Waals surface area contributed by atoms with E-state index in [1.165, 1.54) is 9.80 Å². The summed E-state index contributed by atoms with van der Waals surface area (Å²) >= 11 is 0. The van der Waals surface area contributed by atoms with Crippen LogP contribution in [0.5, 0.6) is 0 Å². The number of carbonyl (C=O) groups excluding carboxylic acids is 7. The van der Waals surface area contributed by atoms with Crippen molar-refractivity contribution >= 4 is 41.4 Å². The number of nitrogens with zero attached hydrogens (tertiary/aromatic N) is 2. The van der Waals surface area contributed by atoms with E-state index in [9.17, 15) is 33.6 Å². The number of rotatable bonds is 10. The minimum Gasteiger partial charge on any atom is -0.445 e. The van der Waals surface area contributed by atoms with Gasteiger partial charge in [-0.25, -0.2) is 4.79 Å². The van der Waals surface area contributed by atoms with Crippen molar-refractivity contribution in [3.63, 3.8) is 0 Å². The number of amides is 6. The molecule has 2 fully saturated rings. The summed E-state index contributed by atoms with van der Waals surface area (Å²) < 4.78 is 5.55. The molecule has 1 saturated heterocycles.